The Kier molecular flexibility index (Phi) is 4.09. The van der Waals surface area contributed by atoms with E-state index in [-0.39, 0.29) is 5.69 Å². The zero-order valence-corrected chi connectivity index (χ0v) is 12.1. The van der Waals surface area contributed by atoms with Crippen LogP contribution in [0.15, 0.2) is 18.2 Å². The molecule has 0 spiro atoms. The average molecular weight is 294 g/mol. The molecule has 0 amide bonds. The molecule has 0 atom stereocenters. The van der Waals surface area contributed by atoms with Crippen LogP contribution in [0.5, 0.6) is 11.5 Å². The first-order valence-electron chi connectivity index (χ1n) is 5.67. The topological polar surface area (TPSA) is 83.7 Å². The summed E-state index contributed by atoms with van der Waals surface area (Å²) in [5.74, 6) is 0.687. The van der Waals surface area contributed by atoms with Gasteiger partial charge in [-0.1, -0.05) is 11.3 Å². The molecule has 2 rings (SSSR count). The standard InChI is InChI=1S/C13H14N2O4S/c1-17-7-4-5-8(9(6-7)18-2)11-10(12(16)19-3)15-13(14)20-11/h4-6H,1-3H3,(H2,14,15). The quantitative estimate of drug-likeness (QED) is 0.870. The lowest BCUT2D eigenvalue weighted by molar-refractivity contribution is 0.0596. The molecule has 0 unspecified atom stereocenters. The Bertz CT molecular complexity index is 639. The molecule has 0 bridgehead atoms. The molecule has 0 aliphatic carbocycles. The van der Waals surface area contributed by atoms with Crippen LogP contribution >= 0.6 is 11.3 Å². The number of hydrogen-bond donors (Lipinski definition) is 1. The number of thiazole rings is 1. The van der Waals surface area contributed by atoms with Crippen molar-refractivity contribution in [1.29, 1.82) is 0 Å². The number of nitrogen functional groups attached to an aromatic ring is 1. The number of benzene rings is 1. The molecule has 106 valence electrons. The van der Waals surface area contributed by atoms with Gasteiger partial charge in [-0.2, -0.15) is 0 Å². The van der Waals surface area contributed by atoms with Crippen LogP contribution < -0.4 is 15.2 Å². The van der Waals surface area contributed by atoms with Gasteiger partial charge in [-0.25, -0.2) is 9.78 Å². The van der Waals surface area contributed by atoms with Crippen LogP contribution in [0.4, 0.5) is 5.13 Å². The van der Waals surface area contributed by atoms with Crippen LogP contribution in [0.1, 0.15) is 10.5 Å². The van der Waals surface area contributed by atoms with Gasteiger partial charge in [0.05, 0.1) is 26.2 Å². The Labute approximate surface area is 120 Å². The molecule has 0 aliphatic heterocycles. The van der Waals surface area contributed by atoms with E-state index < -0.39 is 5.97 Å². The lowest BCUT2D eigenvalue weighted by atomic mass is 10.1. The highest BCUT2D eigenvalue weighted by molar-refractivity contribution is 7.19. The molecular formula is C13H14N2O4S. The Balaban J connectivity index is 2.59. The number of nitrogens with zero attached hydrogens (tertiary/aromatic N) is 1. The lowest BCUT2D eigenvalue weighted by Gasteiger charge is -2.09. The summed E-state index contributed by atoms with van der Waals surface area (Å²) in [5, 5.41) is 0.290. The first-order chi connectivity index (χ1) is 9.60. The van der Waals surface area contributed by atoms with E-state index in [1.807, 2.05) is 0 Å². The van der Waals surface area contributed by atoms with Crippen LogP contribution in [0, 0.1) is 0 Å². The molecule has 1 aromatic carbocycles. The molecule has 0 radical (unpaired) electrons. The molecule has 2 aromatic rings. The van der Waals surface area contributed by atoms with E-state index in [1.165, 1.54) is 18.4 Å². The van der Waals surface area contributed by atoms with E-state index in [1.54, 1.807) is 32.4 Å². The third kappa shape index (κ3) is 2.53. The maximum absolute atomic E-state index is 11.7. The number of hydrogen-bond acceptors (Lipinski definition) is 7. The molecule has 6 nitrogen and oxygen atoms in total. The number of carbonyl (C=O) groups is 1. The minimum Gasteiger partial charge on any atom is -0.497 e. The number of rotatable bonds is 4. The second-order valence-electron chi connectivity index (χ2n) is 3.79. The predicted octanol–water partition coefficient (Wildman–Crippen LogP) is 2.20. The fraction of sp³-hybridized carbons (Fsp3) is 0.231. The van der Waals surface area contributed by atoms with Crippen molar-refractivity contribution < 1.29 is 19.0 Å². The monoisotopic (exact) mass is 294 g/mol. The number of nitrogens with two attached hydrogens (primary N) is 1. The number of esters is 1. The van der Waals surface area contributed by atoms with Gasteiger partial charge >= 0.3 is 5.97 Å². The third-order valence-corrected chi connectivity index (χ3v) is 3.59. The molecule has 2 N–H and O–H groups in total. The Morgan fingerprint density at radius 3 is 2.60 bits per heavy atom. The SMILES string of the molecule is COC(=O)c1nc(N)sc1-c1ccc(OC)cc1OC. The van der Waals surface area contributed by atoms with E-state index in [4.69, 9.17) is 19.9 Å². The summed E-state index contributed by atoms with van der Waals surface area (Å²) in [6, 6.07) is 5.29. The van der Waals surface area contributed by atoms with Gasteiger partial charge in [-0.15, -0.1) is 0 Å². The van der Waals surface area contributed by atoms with E-state index >= 15 is 0 Å². The van der Waals surface area contributed by atoms with Crippen molar-refractivity contribution in [3.63, 3.8) is 0 Å². The van der Waals surface area contributed by atoms with Crippen LogP contribution in [0.3, 0.4) is 0 Å². The summed E-state index contributed by atoms with van der Waals surface area (Å²) in [6.07, 6.45) is 0. The fourth-order valence-electron chi connectivity index (χ4n) is 1.74. The van der Waals surface area contributed by atoms with Gasteiger partial charge in [0.1, 0.15) is 11.5 Å². The average Bonchev–Trinajstić information content (AvgIpc) is 2.87. The molecule has 0 aliphatic rings. The summed E-state index contributed by atoms with van der Waals surface area (Å²) < 4.78 is 15.2. The molecule has 0 fully saturated rings. The minimum atomic E-state index is -0.536. The van der Waals surface area contributed by atoms with Crippen molar-refractivity contribution in [1.82, 2.24) is 4.98 Å². The summed E-state index contributed by atoms with van der Waals surface area (Å²) in [5.41, 5.74) is 6.58. The van der Waals surface area contributed by atoms with Gasteiger partial charge in [0.15, 0.2) is 10.8 Å². The van der Waals surface area contributed by atoms with E-state index in [0.717, 1.165) is 0 Å². The van der Waals surface area contributed by atoms with Crippen molar-refractivity contribution in [2.24, 2.45) is 0 Å². The lowest BCUT2D eigenvalue weighted by Crippen LogP contribution is -2.04. The van der Waals surface area contributed by atoms with E-state index in [9.17, 15) is 4.79 Å². The number of ether oxygens (including phenoxy) is 3. The maximum Gasteiger partial charge on any atom is 0.358 e. The maximum atomic E-state index is 11.7. The van der Waals surface area contributed by atoms with Crippen LogP contribution in [0.25, 0.3) is 10.4 Å². The first kappa shape index (κ1) is 14.1. The largest absolute Gasteiger partial charge is 0.497 e. The number of methoxy groups -OCH3 is 3. The zero-order valence-electron chi connectivity index (χ0n) is 11.3. The highest BCUT2D eigenvalue weighted by Crippen LogP contribution is 2.39. The Hall–Kier alpha value is -2.28. The Morgan fingerprint density at radius 2 is 2.00 bits per heavy atom. The van der Waals surface area contributed by atoms with Crippen molar-refractivity contribution in [2.45, 2.75) is 0 Å². The molecule has 0 saturated heterocycles. The normalized spacial score (nSPS) is 10.2. The summed E-state index contributed by atoms with van der Waals surface area (Å²) in [4.78, 5) is 16.4. The predicted molar refractivity (Wildman–Crippen MR) is 76.4 cm³/mol. The van der Waals surface area contributed by atoms with E-state index in [0.29, 0.717) is 27.1 Å². The van der Waals surface area contributed by atoms with Crippen LogP contribution in [-0.2, 0) is 4.74 Å². The molecular weight excluding hydrogens is 280 g/mol. The van der Waals surface area contributed by atoms with Gasteiger partial charge in [0, 0.05) is 11.6 Å². The number of aromatic nitrogens is 1. The molecule has 7 heteroatoms. The number of anilines is 1. The molecule has 0 saturated carbocycles. The zero-order chi connectivity index (χ0) is 14.7. The van der Waals surface area contributed by atoms with Crippen LogP contribution in [0.2, 0.25) is 0 Å². The van der Waals surface area contributed by atoms with Gasteiger partial charge in [-0.3, -0.25) is 0 Å². The van der Waals surface area contributed by atoms with Gasteiger partial charge in [-0.05, 0) is 12.1 Å². The van der Waals surface area contributed by atoms with Crippen molar-refractivity contribution in [2.75, 3.05) is 27.1 Å². The van der Waals surface area contributed by atoms with Crippen LogP contribution in [-0.4, -0.2) is 32.3 Å². The van der Waals surface area contributed by atoms with E-state index in [2.05, 4.69) is 4.98 Å². The minimum absolute atomic E-state index is 0.179. The van der Waals surface area contributed by atoms with Crippen molar-refractivity contribution in [3.05, 3.63) is 23.9 Å². The smallest absolute Gasteiger partial charge is 0.358 e. The second kappa shape index (κ2) is 5.79. The third-order valence-electron chi connectivity index (χ3n) is 2.68. The Morgan fingerprint density at radius 1 is 1.25 bits per heavy atom. The van der Waals surface area contributed by atoms with Crippen molar-refractivity contribution in [3.8, 4) is 21.9 Å². The fourth-order valence-corrected chi connectivity index (χ4v) is 2.59. The van der Waals surface area contributed by atoms with Crippen molar-refractivity contribution >= 4 is 22.4 Å². The molecule has 1 aromatic heterocycles. The number of carbonyl (C=O) groups excluding carboxylic acids is 1. The summed E-state index contributed by atoms with van der Waals surface area (Å²) in [6.45, 7) is 0. The summed E-state index contributed by atoms with van der Waals surface area (Å²) in [7, 11) is 4.41. The molecule has 1 heterocycles. The summed E-state index contributed by atoms with van der Waals surface area (Å²) >= 11 is 1.20. The van der Waals surface area contributed by atoms with Gasteiger partial charge in [0.25, 0.3) is 0 Å². The van der Waals surface area contributed by atoms with Gasteiger partial charge < -0.3 is 19.9 Å². The first-order valence-corrected chi connectivity index (χ1v) is 6.49. The highest BCUT2D eigenvalue weighted by Gasteiger charge is 2.22. The van der Waals surface area contributed by atoms with Gasteiger partial charge in [0.2, 0.25) is 0 Å². The highest BCUT2D eigenvalue weighted by atomic mass is 32.1. The molecule has 20 heavy (non-hydrogen) atoms. The second-order valence-corrected chi connectivity index (χ2v) is 4.82.